The fourth-order valence-electron chi connectivity index (χ4n) is 2.09. The van der Waals surface area contributed by atoms with Crippen LogP contribution in [0.4, 0.5) is 5.82 Å². The maximum atomic E-state index is 5.83. The van der Waals surface area contributed by atoms with Gasteiger partial charge in [-0.25, -0.2) is 0 Å². The lowest BCUT2D eigenvalue weighted by atomic mass is 10.1. The Morgan fingerprint density at radius 3 is 3.00 bits per heavy atom. The number of aromatic amines is 1. The molecule has 2 atom stereocenters. The van der Waals surface area contributed by atoms with Gasteiger partial charge in [0, 0.05) is 23.8 Å². The van der Waals surface area contributed by atoms with Crippen LogP contribution >= 0.6 is 0 Å². The van der Waals surface area contributed by atoms with Crippen molar-refractivity contribution in [2.45, 2.75) is 45.1 Å². The molecule has 0 bridgehead atoms. The Balaban J connectivity index is 2.09. The first-order chi connectivity index (χ1) is 7.27. The van der Waals surface area contributed by atoms with Gasteiger partial charge in [0.25, 0.3) is 0 Å². The molecule has 3 N–H and O–H groups in total. The Hall–Kier alpha value is -1.03. The molecule has 0 radical (unpaired) electrons. The normalized spacial score (nSPS) is 24.4. The van der Waals surface area contributed by atoms with Crippen LogP contribution in [-0.4, -0.2) is 22.9 Å². The molecule has 1 aliphatic rings. The monoisotopic (exact) mass is 209 g/mol. The van der Waals surface area contributed by atoms with Crippen molar-refractivity contribution in [3.8, 4) is 0 Å². The Bertz CT molecular complexity index is 335. The number of rotatable bonds is 5. The minimum absolute atomic E-state index is 0.380. The summed E-state index contributed by atoms with van der Waals surface area (Å²) in [5, 5.41) is 7.14. The lowest BCUT2D eigenvalue weighted by molar-refractivity contribution is 0.128. The van der Waals surface area contributed by atoms with Gasteiger partial charge in [0.2, 0.25) is 0 Å². The SMILES string of the molecule is CCCc1c(N)n[nH]c1C1CC1OCC. The third-order valence-corrected chi connectivity index (χ3v) is 2.91. The number of hydrogen-bond donors (Lipinski definition) is 2. The summed E-state index contributed by atoms with van der Waals surface area (Å²) < 4.78 is 5.57. The molecule has 0 amide bonds. The molecule has 1 fully saturated rings. The maximum absolute atomic E-state index is 5.83. The molecule has 0 aromatic carbocycles. The topological polar surface area (TPSA) is 63.9 Å². The first-order valence-electron chi connectivity index (χ1n) is 5.72. The number of hydrogen-bond acceptors (Lipinski definition) is 3. The van der Waals surface area contributed by atoms with E-state index >= 15 is 0 Å². The van der Waals surface area contributed by atoms with Crippen molar-refractivity contribution in [2.75, 3.05) is 12.3 Å². The van der Waals surface area contributed by atoms with E-state index in [2.05, 4.69) is 17.1 Å². The minimum atomic E-state index is 0.380. The summed E-state index contributed by atoms with van der Waals surface area (Å²) in [5.41, 5.74) is 8.23. The van der Waals surface area contributed by atoms with Crippen molar-refractivity contribution in [1.29, 1.82) is 0 Å². The highest BCUT2D eigenvalue weighted by atomic mass is 16.5. The molecule has 4 nitrogen and oxygen atoms in total. The summed E-state index contributed by atoms with van der Waals surface area (Å²) in [6, 6.07) is 0. The van der Waals surface area contributed by atoms with Crippen LogP contribution in [0.5, 0.6) is 0 Å². The van der Waals surface area contributed by atoms with E-state index < -0.39 is 0 Å². The first-order valence-corrected chi connectivity index (χ1v) is 5.72. The average molecular weight is 209 g/mol. The van der Waals surface area contributed by atoms with E-state index in [9.17, 15) is 0 Å². The summed E-state index contributed by atoms with van der Waals surface area (Å²) in [7, 11) is 0. The van der Waals surface area contributed by atoms with Crippen LogP contribution in [0, 0.1) is 0 Å². The van der Waals surface area contributed by atoms with Gasteiger partial charge in [0.05, 0.1) is 6.10 Å². The Labute approximate surface area is 90.2 Å². The zero-order chi connectivity index (χ0) is 10.8. The highest BCUT2D eigenvalue weighted by molar-refractivity contribution is 5.45. The molecule has 2 rings (SSSR count). The number of H-pyrrole nitrogens is 1. The fourth-order valence-corrected chi connectivity index (χ4v) is 2.09. The van der Waals surface area contributed by atoms with E-state index in [1.54, 1.807) is 0 Å². The summed E-state index contributed by atoms with van der Waals surface area (Å²) in [6.07, 6.45) is 3.59. The van der Waals surface area contributed by atoms with E-state index in [4.69, 9.17) is 10.5 Å². The van der Waals surface area contributed by atoms with E-state index in [-0.39, 0.29) is 0 Å². The van der Waals surface area contributed by atoms with Gasteiger partial charge in [-0.1, -0.05) is 13.3 Å². The Kier molecular flexibility index (Phi) is 2.95. The number of nitrogens with zero attached hydrogens (tertiary/aromatic N) is 1. The lowest BCUT2D eigenvalue weighted by Crippen LogP contribution is -1.99. The lowest BCUT2D eigenvalue weighted by Gasteiger charge is -2.02. The Morgan fingerprint density at radius 2 is 2.33 bits per heavy atom. The predicted octanol–water partition coefficient (Wildman–Crippen LogP) is 1.84. The molecular formula is C11H19N3O. The third kappa shape index (κ3) is 2.00. The molecule has 1 saturated carbocycles. The van der Waals surface area contributed by atoms with E-state index in [1.165, 1.54) is 11.3 Å². The van der Waals surface area contributed by atoms with Gasteiger partial charge in [-0.15, -0.1) is 0 Å². The molecule has 1 aliphatic carbocycles. The second kappa shape index (κ2) is 4.23. The van der Waals surface area contributed by atoms with Gasteiger partial charge < -0.3 is 10.5 Å². The summed E-state index contributed by atoms with van der Waals surface area (Å²) in [5.74, 6) is 1.16. The molecule has 0 aliphatic heterocycles. The van der Waals surface area contributed by atoms with E-state index in [0.717, 1.165) is 25.9 Å². The fraction of sp³-hybridized carbons (Fsp3) is 0.727. The maximum Gasteiger partial charge on any atom is 0.148 e. The van der Waals surface area contributed by atoms with Gasteiger partial charge in [-0.2, -0.15) is 5.10 Å². The van der Waals surface area contributed by atoms with Crippen molar-refractivity contribution in [1.82, 2.24) is 10.2 Å². The smallest absolute Gasteiger partial charge is 0.148 e. The van der Waals surface area contributed by atoms with Crippen LogP contribution in [0.15, 0.2) is 0 Å². The molecule has 0 spiro atoms. The molecular weight excluding hydrogens is 190 g/mol. The van der Waals surface area contributed by atoms with Crippen molar-refractivity contribution in [3.05, 3.63) is 11.3 Å². The van der Waals surface area contributed by atoms with Crippen LogP contribution in [0.25, 0.3) is 0 Å². The van der Waals surface area contributed by atoms with E-state index in [1.807, 2.05) is 6.92 Å². The Morgan fingerprint density at radius 1 is 1.53 bits per heavy atom. The van der Waals surface area contributed by atoms with E-state index in [0.29, 0.717) is 17.8 Å². The number of ether oxygens (including phenoxy) is 1. The van der Waals surface area contributed by atoms with Gasteiger partial charge >= 0.3 is 0 Å². The number of anilines is 1. The zero-order valence-corrected chi connectivity index (χ0v) is 9.42. The average Bonchev–Trinajstić information content (AvgIpc) is 2.88. The van der Waals surface area contributed by atoms with Crippen LogP contribution in [0.2, 0.25) is 0 Å². The molecule has 1 aromatic rings. The quantitative estimate of drug-likeness (QED) is 0.777. The highest BCUT2D eigenvalue weighted by Gasteiger charge is 2.42. The van der Waals surface area contributed by atoms with Crippen molar-refractivity contribution >= 4 is 5.82 Å². The van der Waals surface area contributed by atoms with Gasteiger partial charge in [0.15, 0.2) is 0 Å². The first kappa shape index (κ1) is 10.5. The van der Waals surface area contributed by atoms with Crippen LogP contribution in [0.1, 0.15) is 43.9 Å². The predicted molar refractivity (Wildman–Crippen MR) is 59.8 cm³/mol. The summed E-state index contributed by atoms with van der Waals surface area (Å²) in [4.78, 5) is 0. The second-order valence-corrected chi connectivity index (χ2v) is 4.09. The summed E-state index contributed by atoms with van der Waals surface area (Å²) in [6.45, 7) is 4.97. The zero-order valence-electron chi connectivity index (χ0n) is 9.42. The molecule has 84 valence electrons. The number of nitrogens with one attached hydrogen (secondary N) is 1. The number of aromatic nitrogens is 2. The number of nitrogens with two attached hydrogens (primary N) is 1. The highest BCUT2D eigenvalue weighted by Crippen LogP contribution is 2.44. The molecule has 4 heteroatoms. The molecule has 2 unspecified atom stereocenters. The third-order valence-electron chi connectivity index (χ3n) is 2.91. The van der Waals surface area contributed by atoms with Gasteiger partial charge in [0.1, 0.15) is 5.82 Å². The standard InChI is InChI=1S/C11H19N3O/c1-3-5-7-10(13-14-11(7)12)8-6-9(8)15-4-2/h8-9H,3-6H2,1-2H3,(H3,12,13,14). The minimum Gasteiger partial charge on any atom is -0.382 e. The van der Waals surface area contributed by atoms with Crippen LogP contribution in [-0.2, 0) is 11.2 Å². The van der Waals surface area contributed by atoms with Crippen molar-refractivity contribution in [2.24, 2.45) is 0 Å². The second-order valence-electron chi connectivity index (χ2n) is 4.09. The largest absolute Gasteiger partial charge is 0.382 e. The van der Waals surface area contributed by atoms with Gasteiger partial charge in [-0.3, -0.25) is 5.10 Å². The molecule has 1 aromatic heterocycles. The van der Waals surface area contributed by atoms with Crippen LogP contribution < -0.4 is 5.73 Å². The molecule has 0 saturated heterocycles. The van der Waals surface area contributed by atoms with Crippen molar-refractivity contribution < 1.29 is 4.74 Å². The van der Waals surface area contributed by atoms with Gasteiger partial charge in [-0.05, 0) is 19.8 Å². The van der Waals surface area contributed by atoms with Crippen molar-refractivity contribution in [3.63, 3.8) is 0 Å². The summed E-state index contributed by atoms with van der Waals surface area (Å²) >= 11 is 0. The molecule has 15 heavy (non-hydrogen) atoms. The molecule has 1 heterocycles. The van der Waals surface area contributed by atoms with Crippen LogP contribution in [0.3, 0.4) is 0 Å². The number of nitrogen functional groups attached to an aromatic ring is 1.